The standard InChI is InChI=1S/C7H11N3/c1-6(2)10-7-3-4-8-5-9-7/h3-6H,1-2H3,(H,8,9,10)/p+1. The average molecular weight is 138 g/mol. The molecule has 3 nitrogen and oxygen atoms in total. The van der Waals surface area contributed by atoms with Crippen LogP contribution in [0, 0.1) is 0 Å². The van der Waals surface area contributed by atoms with Crippen molar-refractivity contribution in [1.29, 1.82) is 0 Å². The van der Waals surface area contributed by atoms with Crippen LogP contribution in [0.5, 0.6) is 0 Å². The quantitative estimate of drug-likeness (QED) is 0.654. The van der Waals surface area contributed by atoms with Crippen molar-refractivity contribution < 1.29 is 4.98 Å². The lowest BCUT2D eigenvalue weighted by Gasteiger charge is -2.02. The van der Waals surface area contributed by atoms with E-state index in [1.54, 1.807) is 6.33 Å². The van der Waals surface area contributed by atoms with Crippen molar-refractivity contribution in [2.45, 2.75) is 19.9 Å². The molecule has 0 aliphatic carbocycles. The van der Waals surface area contributed by atoms with Gasteiger partial charge in [-0.2, -0.15) is 0 Å². The highest BCUT2D eigenvalue weighted by atomic mass is 15.0. The molecule has 0 aromatic carbocycles. The number of hydrogen-bond acceptors (Lipinski definition) is 2. The Morgan fingerprint density at radius 3 is 2.90 bits per heavy atom. The van der Waals surface area contributed by atoms with Crippen LogP contribution in [0.3, 0.4) is 0 Å². The van der Waals surface area contributed by atoms with E-state index < -0.39 is 0 Å². The molecule has 0 aliphatic rings. The monoisotopic (exact) mass is 138 g/mol. The van der Waals surface area contributed by atoms with Gasteiger partial charge >= 0.3 is 0 Å². The second-order valence-electron chi connectivity index (χ2n) is 2.44. The third kappa shape index (κ3) is 2.01. The second kappa shape index (κ2) is 3.15. The first kappa shape index (κ1) is 6.99. The summed E-state index contributed by atoms with van der Waals surface area (Å²) in [6.45, 7) is 4.16. The predicted octanol–water partition coefficient (Wildman–Crippen LogP) is 0.716. The zero-order valence-corrected chi connectivity index (χ0v) is 6.26. The summed E-state index contributed by atoms with van der Waals surface area (Å²) >= 11 is 0. The van der Waals surface area contributed by atoms with Crippen LogP contribution in [0.25, 0.3) is 0 Å². The van der Waals surface area contributed by atoms with Gasteiger partial charge in [-0.3, -0.25) is 4.98 Å². The van der Waals surface area contributed by atoms with Crippen molar-refractivity contribution >= 4 is 5.82 Å². The van der Waals surface area contributed by atoms with Gasteiger partial charge in [-0.05, 0) is 18.8 Å². The molecule has 54 valence electrons. The van der Waals surface area contributed by atoms with Gasteiger partial charge in [0.2, 0.25) is 5.82 Å². The SMILES string of the molecule is CC(C)Nc1cc[nH+]cn1. The lowest BCUT2D eigenvalue weighted by atomic mass is 10.4. The van der Waals surface area contributed by atoms with E-state index in [-0.39, 0.29) is 0 Å². The van der Waals surface area contributed by atoms with Gasteiger partial charge in [0.05, 0.1) is 6.20 Å². The predicted molar refractivity (Wildman–Crippen MR) is 39.6 cm³/mol. The summed E-state index contributed by atoms with van der Waals surface area (Å²) in [5, 5.41) is 3.17. The molecule has 0 saturated carbocycles. The Hall–Kier alpha value is -1.12. The number of nitrogens with one attached hydrogen (secondary N) is 2. The molecule has 1 aromatic rings. The van der Waals surface area contributed by atoms with Crippen LogP contribution in [0.15, 0.2) is 18.6 Å². The van der Waals surface area contributed by atoms with E-state index in [0.29, 0.717) is 6.04 Å². The number of anilines is 1. The maximum atomic E-state index is 4.05. The second-order valence-corrected chi connectivity index (χ2v) is 2.44. The molecule has 10 heavy (non-hydrogen) atoms. The molecule has 0 amide bonds. The third-order valence-electron chi connectivity index (χ3n) is 1.05. The van der Waals surface area contributed by atoms with Crippen LogP contribution in [-0.4, -0.2) is 11.0 Å². The normalized spacial score (nSPS) is 9.90. The lowest BCUT2D eigenvalue weighted by Crippen LogP contribution is -2.12. The van der Waals surface area contributed by atoms with Gasteiger partial charge in [0.1, 0.15) is 0 Å². The molecule has 3 heteroatoms. The molecule has 0 fully saturated rings. The largest absolute Gasteiger partial charge is 0.347 e. The molecule has 1 heterocycles. The van der Waals surface area contributed by atoms with E-state index >= 15 is 0 Å². The summed E-state index contributed by atoms with van der Waals surface area (Å²) < 4.78 is 0. The van der Waals surface area contributed by atoms with Gasteiger partial charge in [0, 0.05) is 12.1 Å². The molecule has 1 aromatic heterocycles. The van der Waals surface area contributed by atoms with E-state index in [1.807, 2.05) is 12.3 Å². The maximum Gasteiger partial charge on any atom is 0.286 e. The highest BCUT2D eigenvalue weighted by molar-refractivity contribution is 5.31. The van der Waals surface area contributed by atoms with Crippen LogP contribution in [-0.2, 0) is 0 Å². The van der Waals surface area contributed by atoms with Crippen LogP contribution in [0.2, 0.25) is 0 Å². The summed E-state index contributed by atoms with van der Waals surface area (Å²) in [5.74, 6) is 0.911. The Kier molecular flexibility index (Phi) is 2.20. The molecule has 0 radical (unpaired) electrons. The molecule has 0 spiro atoms. The Morgan fingerprint density at radius 1 is 1.60 bits per heavy atom. The highest BCUT2D eigenvalue weighted by Gasteiger charge is 1.98. The molecule has 1 rings (SSSR count). The van der Waals surface area contributed by atoms with Crippen LogP contribution in [0.1, 0.15) is 13.8 Å². The van der Waals surface area contributed by atoms with E-state index in [0.717, 1.165) is 5.82 Å². The highest BCUT2D eigenvalue weighted by Crippen LogP contribution is 1.98. The smallest absolute Gasteiger partial charge is 0.286 e. The van der Waals surface area contributed by atoms with Crippen LogP contribution in [0.4, 0.5) is 5.82 Å². The number of H-pyrrole nitrogens is 1. The Morgan fingerprint density at radius 2 is 2.40 bits per heavy atom. The van der Waals surface area contributed by atoms with Crippen molar-refractivity contribution in [1.82, 2.24) is 4.98 Å². The molecular formula is C7H12N3+. The zero-order chi connectivity index (χ0) is 7.40. The third-order valence-corrected chi connectivity index (χ3v) is 1.05. The molecular weight excluding hydrogens is 126 g/mol. The zero-order valence-electron chi connectivity index (χ0n) is 6.26. The van der Waals surface area contributed by atoms with Gasteiger partial charge in [0.25, 0.3) is 6.33 Å². The number of rotatable bonds is 2. The van der Waals surface area contributed by atoms with Crippen LogP contribution < -0.4 is 10.3 Å². The van der Waals surface area contributed by atoms with E-state index in [9.17, 15) is 0 Å². The first-order chi connectivity index (χ1) is 4.79. The average Bonchev–Trinajstić information content (AvgIpc) is 1.88. The summed E-state index contributed by atoms with van der Waals surface area (Å²) in [6, 6.07) is 2.34. The molecule has 0 bridgehead atoms. The van der Waals surface area contributed by atoms with Gasteiger partial charge in [-0.15, -0.1) is 0 Å². The Bertz CT molecular complexity index is 183. The summed E-state index contributed by atoms with van der Waals surface area (Å²) in [7, 11) is 0. The number of nitrogens with zero attached hydrogens (tertiary/aromatic N) is 1. The topological polar surface area (TPSA) is 39.1 Å². The number of aromatic amines is 1. The number of hydrogen-bond donors (Lipinski definition) is 1. The molecule has 0 aliphatic heterocycles. The minimum absolute atomic E-state index is 0.440. The fourth-order valence-corrected chi connectivity index (χ4v) is 0.701. The summed E-state index contributed by atoms with van der Waals surface area (Å²) in [4.78, 5) is 6.91. The van der Waals surface area contributed by atoms with Crippen molar-refractivity contribution in [2.75, 3.05) is 5.32 Å². The summed E-state index contributed by atoms with van der Waals surface area (Å²) in [5.41, 5.74) is 0. The van der Waals surface area contributed by atoms with Gasteiger partial charge in [0.15, 0.2) is 0 Å². The summed E-state index contributed by atoms with van der Waals surface area (Å²) in [6.07, 6.45) is 3.50. The van der Waals surface area contributed by atoms with E-state index in [2.05, 4.69) is 29.1 Å². The number of aromatic nitrogens is 2. The first-order valence-corrected chi connectivity index (χ1v) is 3.37. The Labute approximate surface area is 60.5 Å². The van der Waals surface area contributed by atoms with Gasteiger partial charge in [-0.1, -0.05) is 0 Å². The molecule has 2 N–H and O–H groups in total. The minimum Gasteiger partial charge on any atom is -0.347 e. The van der Waals surface area contributed by atoms with Crippen LogP contribution >= 0.6 is 0 Å². The lowest BCUT2D eigenvalue weighted by molar-refractivity contribution is -0.382. The van der Waals surface area contributed by atoms with Gasteiger partial charge in [-0.25, -0.2) is 0 Å². The van der Waals surface area contributed by atoms with E-state index in [4.69, 9.17) is 0 Å². The van der Waals surface area contributed by atoms with E-state index in [1.165, 1.54) is 0 Å². The maximum absolute atomic E-state index is 4.05. The van der Waals surface area contributed by atoms with Crippen molar-refractivity contribution in [2.24, 2.45) is 0 Å². The van der Waals surface area contributed by atoms with Crippen molar-refractivity contribution in [3.8, 4) is 0 Å². The fraction of sp³-hybridized carbons (Fsp3) is 0.429. The fourth-order valence-electron chi connectivity index (χ4n) is 0.701. The van der Waals surface area contributed by atoms with Crippen molar-refractivity contribution in [3.63, 3.8) is 0 Å². The first-order valence-electron chi connectivity index (χ1n) is 3.37. The Balaban J connectivity index is 2.59. The van der Waals surface area contributed by atoms with Crippen molar-refractivity contribution in [3.05, 3.63) is 18.6 Å². The molecule has 0 atom stereocenters. The molecule has 0 unspecified atom stereocenters. The van der Waals surface area contributed by atoms with Gasteiger partial charge < -0.3 is 5.32 Å². The minimum atomic E-state index is 0.440. The molecule has 0 saturated heterocycles.